The molecule has 1 rings (SSSR count). The van der Waals surface area contributed by atoms with Crippen molar-refractivity contribution < 1.29 is 0 Å². The normalized spacial score (nSPS) is 10.6. The zero-order valence-corrected chi connectivity index (χ0v) is 15.9. The van der Waals surface area contributed by atoms with Gasteiger partial charge in [-0.3, -0.25) is 0 Å². The maximum atomic E-state index is 7.73. The molecule has 0 aliphatic carbocycles. The second-order valence-corrected chi connectivity index (χ2v) is 6.75. The van der Waals surface area contributed by atoms with Crippen molar-refractivity contribution in [2.24, 2.45) is 0 Å². The molecule has 0 fully saturated rings. The van der Waals surface area contributed by atoms with Crippen LogP contribution in [0, 0.1) is 5.41 Å². The van der Waals surface area contributed by atoms with E-state index in [0.29, 0.717) is 4.73 Å². The van der Waals surface area contributed by atoms with Crippen molar-refractivity contribution in [1.82, 2.24) is 0 Å². The zero-order chi connectivity index (χ0) is 16.2. The van der Waals surface area contributed by atoms with Crippen LogP contribution in [0.15, 0.2) is 24.3 Å². The van der Waals surface area contributed by atoms with Crippen molar-refractivity contribution in [3.63, 3.8) is 0 Å². The summed E-state index contributed by atoms with van der Waals surface area (Å²) in [5.74, 6) is 0. The Kier molecular flexibility index (Phi) is 10.3. The molecule has 1 N–H and O–H groups in total. The molecule has 0 aliphatic heterocycles. The number of nitrogens with one attached hydrogen (secondary N) is 1. The molecule has 0 saturated heterocycles. The van der Waals surface area contributed by atoms with Crippen molar-refractivity contribution in [3.8, 4) is 0 Å². The van der Waals surface area contributed by atoms with E-state index in [1.165, 1.54) is 63.4 Å². The number of rotatable bonds is 11. The summed E-state index contributed by atoms with van der Waals surface area (Å²) in [5, 5.41) is 7.73. The molecule has 0 bridgehead atoms. The molecule has 0 atom stereocenters. The first-order valence-electron chi connectivity index (χ1n) is 8.81. The van der Waals surface area contributed by atoms with Crippen LogP contribution in [0.4, 0.5) is 5.69 Å². The van der Waals surface area contributed by atoms with Crippen LogP contribution in [0.25, 0.3) is 0 Å². The van der Waals surface area contributed by atoms with Crippen LogP contribution in [0.3, 0.4) is 0 Å². The Morgan fingerprint density at radius 1 is 0.909 bits per heavy atom. The Labute approximate surface area is 145 Å². The van der Waals surface area contributed by atoms with Crippen LogP contribution in [0.5, 0.6) is 0 Å². The summed E-state index contributed by atoms with van der Waals surface area (Å²) in [7, 11) is 0. The fourth-order valence-electron chi connectivity index (χ4n) is 2.75. The van der Waals surface area contributed by atoms with Gasteiger partial charge in [-0.1, -0.05) is 26.2 Å². The van der Waals surface area contributed by atoms with Gasteiger partial charge in [-0.25, -0.2) is 0 Å². The topological polar surface area (TPSA) is 27.1 Å². The van der Waals surface area contributed by atoms with Gasteiger partial charge in [0.1, 0.15) is 0 Å². The van der Waals surface area contributed by atoms with E-state index in [4.69, 9.17) is 5.41 Å². The monoisotopic (exact) mass is 367 g/mol. The number of aryl methyl sites for hydroxylation is 1. The molecule has 0 amide bonds. The summed E-state index contributed by atoms with van der Waals surface area (Å²) < 4.78 is 0.485. The van der Waals surface area contributed by atoms with Gasteiger partial charge in [-0.2, -0.15) is 0 Å². The Morgan fingerprint density at radius 2 is 1.45 bits per heavy atom. The molecule has 123 valence electrons. The molecular formula is C19H31N2Se. The molecule has 22 heavy (non-hydrogen) atoms. The maximum absolute atomic E-state index is 7.73. The second-order valence-electron chi connectivity index (χ2n) is 5.94. The Morgan fingerprint density at radius 3 is 1.95 bits per heavy atom. The van der Waals surface area contributed by atoms with Gasteiger partial charge < -0.3 is 0 Å². The fraction of sp³-hybridized carbons (Fsp3) is 0.632. The summed E-state index contributed by atoms with van der Waals surface area (Å²) in [6.07, 6.45) is 12.2. The molecule has 2 nitrogen and oxygen atoms in total. The van der Waals surface area contributed by atoms with Gasteiger partial charge in [0, 0.05) is 0 Å². The number of anilines is 1. The van der Waals surface area contributed by atoms with Gasteiger partial charge >= 0.3 is 119 Å². The summed E-state index contributed by atoms with van der Waals surface area (Å²) in [5.41, 5.74) is 2.52. The van der Waals surface area contributed by atoms with E-state index in [1.807, 2.05) is 4.90 Å². The van der Waals surface area contributed by atoms with Crippen LogP contribution in [-0.4, -0.2) is 27.3 Å². The van der Waals surface area contributed by atoms with Crippen LogP contribution >= 0.6 is 0 Å². The van der Waals surface area contributed by atoms with Crippen molar-refractivity contribution in [1.29, 1.82) is 5.41 Å². The Hall–Kier alpha value is -0.791. The van der Waals surface area contributed by atoms with E-state index in [9.17, 15) is 0 Å². The molecule has 1 aromatic carbocycles. The molecule has 0 unspecified atom stereocenters. The van der Waals surface area contributed by atoms with Crippen LogP contribution in [0.2, 0.25) is 0 Å². The molecule has 0 saturated carbocycles. The third-order valence-corrected chi connectivity index (χ3v) is 4.59. The Balaban J connectivity index is 2.23. The van der Waals surface area contributed by atoms with E-state index in [-0.39, 0.29) is 0 Å². The summed E-state index contributed by atoms with van der Waals surface area (Å²) in [4.78, 5) is 1.97. The van der Waals surface area contributed by atoms with Crippen LogP contribution in [-0.2, 0) is 6.42 Å². The van der Waals surface area contributed by atoms with Gasteiger partial charge in [0.05, 0.1) is 0 Å². The van der Waals surface area contributed by atoms with Crippen molar-refractivity contribution >= 4 is 26.4 Å². The van der Waals surface area contributed by atoms with Crippen molar-refractivity contribution in [3.05, 3.63) is 29.8 Å². The number of benzene rings is 1. The third kappa shape index (κ3) is 7.47. The Bertz CT molecular complexity index is 414. The summed E-state index contributed by atoms with van der Waals surface area (Å²) >= 11 is 2.78. The molecular weight excluding hydrogens is 335 g/mol. The first-order valence-corrected chi connectivity index (χ1v) is 9.66. The fourth-order valence-corrected chi connectivity index (χ4v) is 3.24. The molecule has 1 radical (unpaired) electrons. The number of hydrogen-bond acceptors (Lipinski definition) is 1. The van der Waals surface area contributed by atoms with Gasteiger partial charge in [-0.05, 0) is 0 Å². The van der Waals surface area contributed by atoms with Gasteiger partial charge in [-0.15, -0.1) is 0 Å². The van der Waals surface area contributed by atoms with Crippen molar-refractivity contribution in [2.45, 2.75) is 71.6 Å². The standard InChI is InChI=1S/C19H31N2Se/c1-3-5-6-7-8-9-10-11-12-17-13-15-18(16-14-17)21(4-2)19(20)22/h13-16,20H,3-12H2,1-2H3. The third-order valence-electron chi connectivity index (χ3n) is 4.13. The quantitative estimate of drug-likeness (QED) is 0.245. The molecule has 0 aliphatic rings. The molecule has 1 aromatic rings. The van der Waals surface area contributed by atoms with Crippen LogP contribution in [0.1, 0.15) is 70.8 Å². The van der Waals surface area contributed by atoms with Crippen LogP contribution < -0.4 is 4.90 Å². The van der Waals surface area contributed by atoms with Gasteiger partial charge in [0.2, 0.25) is 0 Å². The summed E-state index contributed by atoms with van der Waals surface area (Å²) in [6, 6.07) is 8.69. The molecule has 0 spiro atoms. The number of unbranched alkanes of at least 4 members (excludes halogenated alkanes) is 7. The van der Waals surface area contributed by atoms with Gasteiger partial charge in [0.25, 0.3) is 0 Å². The van der Waals surface area contributed by atoms with Gasteiger partial charge in [0.15, 0.2) is 0 Å². The minimum atomic E-state index is 0.485. The first kappa shape index (κ1) is 19.3. The second kappa shape index (κ2) is 11.7. The molecule has 0 aromatic heterocycles. The molecule has 0 heterocycles. The van der Waals surface area contributed by atoms with E-state index < -0.39 is 0 Å². The number of amidine groups is 1. The first-order chi connectivity index (χ1) is 10.7. The zero-order valence-electron chi connectivity index (χ0n) is 14.2. The number of nitrogens with zero attached hydrogens (tertiary/aromatic N) is 1. The minimum absolute atomic E-state index is 0.485. The van der Waals surface area contributed by atoms with E-state index in [1.54, 1.807) is 0 Å². The predicted octanol–water partition coefficient (Wildman–Crippen LogP) is 5.30. The number of hydrogen-bond donors (Lipinski definition) is 1. The predicted molar refractivity (Wildman–Crippen MR) is 99.3 cm³/mol. The average molecular weight is 366 g/mol. The van der Waals surface area contributed by atoms with E-state index >= 15 is 0 Å². The summed E-state index contributed by atoms with van der Waals surface area (Å²) in [6.45, 7) is 5.16. The SMILES string of the molecule is CCCCCCCCCCc1ccc(N(CC)C(=N)[Se])cc1. The molecule has 3 heteroatoms. The van der Waals surface area contributed by atoms with E-state index in [2.05, 4.69) is 54.1 Å². The average Bonchev–Trinajstić information content (AvgIpc) is 2.52. The van der Waals surface area contributed by atoms with Crippen molar-refractivity contribution in [2.75, 3.05) is 11.4 Å². The van der Waals surface area contributed by atoms with E-state index in [0.717, 1.165) is 12.2 Å².